The van der Waals surface area contributed by atoms with E-state index < -0.39 is 5.60 Å². The molecule has 4 aromatic rings. The first-order valence-corrected chi connectivity index (χ1v) is 12.5. The van der Waals surface area contributed by atoms with Gasteiger partial charge in [0, 0.05) is 19.6 Å². The summed E-state index contributed by atoms with van der Waals surface area (Å²) in [6, 6.07) is 16.9. The number of aliphatic hydroxyl groups is 1. The van der Waals surface area contributed by atoms with Gasteiger partial charge in [0.05, 0.1) is 23.5 Å². The molecule has 2 saturated heterocycles. The average molecular weight is 485 g/mol. The molecule has 0 bridgehead atoms. The lowest BCUT2D eigenvalue weighted by atomic mass is 9.92. The Labute approximate surface area is 209 Å². The minimum atomic E-state index is -0.797. The molecule has 1 N–H and O–H groups in total. The lowest BCUT2D eigenvalue weighted by Gasteiger charge is -2.37. The van der Waals surface area contributed by atoms with Gasteiger partial charge in [0.25, 0.3) is 0 Å². The molecule has 0 radical (unpaired) electrons. The van der Waals surface area contributed by atoms with Crippen molar-refractivity contribution >= 4 is 17.3 Å². The minimum Gasteiger partial charge on any atom is -0.386 e. The predicted octanol–water partition coefficient (Wildman–Crippen LogP) is 4.79. The maximum atomic E-state index is 13.9. The Bertz CT molecular complexity index is 1410. The molecule has 0 amide bonds. The largest absolute Gasteiger partial charge is 0.386 e. The molecular weight excluding hydrogens is 455 g/mol. The Morgan fingerprint density at radius 1 is 1.03 bits per heavy atom. The van der Waals surface area contributed by atoms with Crippen LogP contribution in [0.15, 0.2) is 73.4 Å². The van der Waals surface area contributed by atoms with E-state index >= 15 is 0 Å². The van der Waals surface area contributed by atoms with Gasteiger partial charge >= 0.3 is 0 Å². The Balaban J connectivity index is 1.31. The number of benzene rings is 1. The van der Waals surface area contributed by atoms with Crippen LogP contribution in [0.4, 0.5) is 16.0 Å². The van der Waals surface area contributed by atoms with Gasteiger partial charge in [-0.05, 0) is 67.6 Å². The molecule has 3 aromatic heterocycles. The molecule has 5 heterocycles. The van der Waals surface area contributed by atoms with Crippen LogP contribution in [0.2, 0.25) is 0 Å². The summed E-state index contributed by atoms with van der Waals surface area (Å²) in [6.45, 7) is 6.06. The van der Waals surface area contributed by atoms with E-state index in [9.17, 15) is 9.50 Å². The number of pyridine rings is 1. The number of imidazole rings is 1. The van der Waals surface area contributed by atoms with Gasteiger partial charge in [-0.1, -0.05) is 24.3 Å². The molecule has 184 valence electrons. The topological polar surface area (TPSA) is 69.8 Å². The average Bonchev–Trinajstić information content (AvgIpc) is 3.56. The van der Waals surface area contributed by atoms with Crippen molar-refractivity contribution in [2.75, 3.05) is 29.4 Å². The number of anilines is 2. The van der Waals surface area contributed by atoms with Gasteiger partial charge in [0.15, 0.2) is 5.65 Å². The molecule has 1 aromatic carbocycles. The fourth-order valence-electron chi connectivity index (χ4n) is 5.36. The molecule has 2 fully saturated rings. The summed E-state index contributed by atoms with van der Waals surface area (Å²) >= 11 is 0. The second kappa shape index (κ2) is 9.02. The van der Waals surface area contributed by atoms with Crippen molar-refractivity contribution in [3.63, 3.8) is 0 Å². The zero-order chi connectivity index (χ0) is 24.7. The van der Waals surface area contributed by atoms with Crippen LogP contribution in [-0.4, -0.2) is 49.9 Å². The van der Waals surface area contributed by atoms with Crippen LogP contribution >= 0.6 is 0 Å². The van der Waals surface area contributed by atoms with E-state index in [0.29, 0.717) is 25.9 Å². The number of hydrogen-bond acceptors (Lipinski definition) is 6. The van der Waals surface area contributed by atoms with Gasteiger partial charge in [-0.25, -0.2) is 18.9 Å². The molecule has 2 aliphatic heterocycles. The molecule has 8 heteroatoms. The van der Waals surface area contributed by atoms with E-state index in [1.165, 1.54) is 6.07 Å². The maximum absolute atomic E-state index is 13.9. The zero-order valence-electron chi connectivity index (χ0n) is 20.1. The molecule has 6 rings (SSSR count). The van der Waals surface area contributed by atoms with E-state index in [1.807, 2.05) is 40.9 Å². The van der Waals surface area contributed by atoms with Crippen LogP contribution in [0.1, 0.15) is 37.3 Å². The summed E-state index contributed by atoms with van der Waals surface area (Å²) in [5, 5.41) is 15.4. The third kappa shape index (κ3) is 4.11. The number of aromatic nitrogens is 4. The highest BCUT2D eigenvalue weighted by molar-refractivity contribution is 5.62. The van der Waals surface area contributed by atoms with Gasteiger partial charge in [-0.15, -0.1) is 11.7 Å². The van der Waals surface area contributed by atoms with Crippen molar-refractivity contribution in [1.82, 2.24) is 19.6 Å². The van der Waals surface area contributed by atoms with E-state index in [2.05, 4.69) is 21.4 Å². The SMILES string of the molecule is C=CC1(O)CCN(c2cccc(-c3cnc4ccc(N5CCCC5c5cccc(F)c5)nn34)n2)CC1. The normalized spacial score (nSPS) is 19.7. The van der Waals surface area contributed by atoms with Crippen LogP contribution in [0.25, 0.3) is 17.0 Å². The quantitative estimate of drug-likeness (QED) is 0.411. The summed E-state index contributed by atoms with van der Waals surface area (Å²) < 4.78 is 15.7. The van der Waals surface area contributed by atoms with Crippen LogP contribution in [0, 0.1) is 5.82 Å². The third-order valence-corrected chi connectivity index (χ3v) is 7.46. The number of fused-ring (bicyclic) bond motifs is 1. The highest BCUT2D eigenvalue weighted by Crippen LogP contribution is 2.36. The predicted molar refractivity (Wildman–Crippen MR) is 139 cm³/mol. The molecule has 1 atom stereocenters. The van der Waals surface area contributed by atoms with Crippen LogP contribution in [0.5, 0.6) is 0 Å². The molecule has 0 saturated carbocycles. The Hall–Kier alpha value is -3.78. The van der Waals surface area contributed by atoms with E-state index in [-0.39, 0.29) is 11.9 Å². The van der Waals surface area contributed by atoms with Crippen molar-refractivity contribution in [2.45, 2.75) is 37.3 Å². The first-order chi connectivity index (χ1) is 17.5. The second-order valence-corrected chi connectivity index (χ2v) is 9.69. The van der Waals surface area contributed by atoms with E-state index in [4.69, 9.17) is 10.1 Å². The second-order valence-electron chi connectivity index (χ2n) is 9.69. The van der Waals surface area contributed by atoms with E-state index in [0.717, 1.165) is 53.6 Å². The minimum absolute atomic E-state index is 0.0902. The summed E-state index contributed by atoms with van der Waals surface area (Å²) in [5.41, 5.74) is 2.53. The van der Waals surface area contributed by atoms with Crippen molar-refractivity contribution in [2.24, 2.45) is 0 Å². The summed E-state index contributed by atoms with van der Waals surface area (Å²) in [4.78, 5) is 13.9. The number of piperidine rings is 1. The first-order valence-electron chi connectivity index (χ1n) is 12.5. The molecular formula is C28H29FN6O. The molecule has 2 aliphatic rings. The fraction of sp³-hybridized carbons (Fsp3) is 0.321. The van der Waals surface area contributed by atoms with Crippen molar-refractivity contribution in [3.05, 3.63) is 84.8 Å². The number of nitrogens with zero attached hydrogens (tertiary/aromatic N) is 6. The molecule has 7 nitrogen and oxygen atoms in total. The van der Waals surface area contributed by atoms with Crippen LogP contribution in [-0.2, 0) is 0 Å². The van der Waals surface area contributed by atoms with Crippen molar-refractivity contribution in [3.8, 4) is 11.4 Å². The first kappa shape index (κ1) is 22.7. The number of rotatable bonds is 5. The van der Waals surface area contributed by atoms with Crippen molar-refractivity contribution < 1.29 is 9.50 Å². The van der Waals surface area contributed by atoms with Gasteiger partial charge in [-0.2, -0.15) is 0 Å². The van der Waals surface area contributed by atoms with Gasteiger partial charge in [-0.3, -0.25) is 0 Å². The fourth-order valence-corrected chi connectivity index (χ4v) is 5.36. The lowest BCUT2D eigenvalue weighted by molar-refractivity contribution is 0.0649. The van der Waals surface area contributed by atoms with Gasteiger partial charge in [0.1, 0.15) is 23.1 Å². The monoisotopic (exact) mass is 484 g/mol. The highest BCUT2D eigenvalue weighted by atomic mass is 19.1. The third-order valence-electron chi connectivity index (χ3n) is 7.46. The Kier molecular flexibility index (Phi) is 5.68. The molecule has 36 heavy (non-hydrogen) atoms. The maximum Gasteiger partial charge on any atom is 0.154 e. The summed E-state index contributed by atoms with van der Waals surface area (Å²) in [6.07, 6.45) is 6.70. The summed E-state index contributed by atoms with van der Waals surface area (Å²) in [7, 11) is 0. The zero-order valence-corrected chi connectivity index (χ0v) is 20.1. The standard InChI is InChI=1S/C28H29FN6O/c1-2-28(36)13-16-33(17-14-28)26-10-4-8-22(31-26)24-19-30-25-11-12-27(32-35(24)25)34-15-5-9-23(34)20-6-3-7-21(29)18-20/h2-4,6-8,10-12,18-19,23,36H,1,5,9,13-17H2. The van der Waals surface area contributed by atoms with Crippen LogP contribution < -0.4 is 9.80 Å². The molecule has 0 aliphatic carbocycles. The lowest BCUT2D eigenvalue weighted by Crippen LogP contribution is -2.43. The Morgan fingerprint density at radius 3 is 2.67 bits per heavy atom. The Morgan fingerprint density at radius 2 is 1.86 bits per heavy atom. The van der Waals surface area contributed by atoms with Crippen LogP contribution in [0.3, 0.4) is 0 Å². The smallest absolute Gasteiger partial charge is 0.154 e. The number of halogens is 1. The van der Waals surface area contributed by atoms with Crippen molar-refractivity contribution in [1.29, 1.82) is 0 Å². The van der Waals surface area contributed by atoms with Gasteiger partial charge < -0.3 is 14.9 Å². The molecule has 1 unspecified atom stereocenters. The van der Waals surface area contributed by atoms with Gasteiger partial charge in [0.2, 0.25) is 0 Å². The highest BCUT2D eigenvalue weighted by Gasteiger charge is 2.30. The summed E-state index contributed by atoms with van der Waals surface area (Å²) in [5.74, 6) is 1.49. The molecule has 0 spiro atoms. The number of hydrogen-bond donors (Lipinski definition) is 1. The van der Waals surface area contributed by atoms with E-state index in [1.54, 1.807) is 24.4 Å².